The number of hydrogen-bond donors (Lipinski definition) is 0. The van der Waals surface area contributed by atoms with E-state index in [0.29, 0.717) is 0 Å². The highest BCUT2D eigenvalue weighted by atomic mass is 32.2. The van der Waals surface area contributed by atoms with Crippen LogP contribution in [-0.2, 0) is 12.3 Å². The van der Waals surface area contributed by atoms with Crippen molar-refractivity contribution >= 4 is 22.7 Å². The van der Waals surface area contributed by atoms with Crippen LogP contribution in [0.3, 0.4) is 0 Å². The zero-order valence-electron chi connectivity index (χ0n) is 18.0. The van der Waals surface area contributed by atoms with Crippen LogP contribution in [0.1, 0.15) is 36.1 Å². The fraction of sp³-hybridized carbons (Fsp3) is 0.308. The van der Waals surface area contributed by atoms with Crippen molar-refractivity contribution in [3.63, 3.8) is 0 Å². The molecule has 3 heterocycles. The molecule has 0 radical (unpaired) electrons. The number of piperidine rings is 1. The van der Waals surface area contributed by atoms with Crippen LogP contribution >= 0.6 is 11.8 Å². The summed E-state index contributed by atoms with van der Waals surface area (Å²) in [5.74, 6) is 0.942. The van der Waals surface area contributed by atoms with E-state index in [-0.39, 0.29) is 0 Å². The molecule has 1 aliphatic heterocycles. The van der Waals surface area contributed by atoms with Gasteiger partial charge in [-0.1, -0.05) is 30.7 Å². The van der Waals surface area contributed by atoms with E-state index in [9.17, 15) is 0 Å². The highest BCUT2D eigenvalue weighted by Gasteiger charge is 2.12. The molecule has 1 fully saturated rings. The van der Waals surface area contributed by atoms with Crippen molar-refractivity contribution in [2.45, 2.75) is 43.4 Å². The van der Waals surface area contributed by atoms with E-state index in [1.807, 2.05) is 24.3 Å². The monoisotopic (exact) mass is 428 g/mol. The number of aromatic nitrogens is 3. The van der Waals surface area contributed by atoms with Crippen LogP contribution in [-0.4, -0.2) is 32.5 Å². The van der Waals surface area contributed by atoms with E-state index in [4.69, 9.17) is 0 Å². The zero-order valence-corrected chi connectivity index (χ0v) is 18.8. The van der Waals surface area contributed by atoms with Crippen LogP contribution in [0, 0.1) is 6.92 Å². The molecule has 0 N–H and O–H groups in total. The van der Waals surface area contributed by atoms with E-state index in [2.05, 4.69) is 81.1 Å². The molecular formula is C26H28N4S. The third-order valence-corrected chi connectivity index (χ3v) is 7.10. The molecular weight excluding hydrogens is 400 g/mol. The fourth-order valence-corrected chi connectivity index (χ4v) is 5.22. The normalized spacial score (nSPS) is 14.9. The molecule has 0 spiro atoms. The predicted molar refractivity (Wildman–Crippen MR) is 129 cm³/mol. The second-order valence-corrected chi connectivity index (χ2v) is 9.41. The van der Waals surface area contributed by atoms with Crippen molar-refractivity contribution in [3.05, 3.63) is 84.1 Å². The van der Waals surface area contributed by atoms with E-state index in [1.165, 1.54) is 53.8 Å². The lowest BCUT2D eigenvalue weighted by Gasteiger charge is -2.25. The third kappa shape index (κ3) is 4.83. The standard InChI is InChI=1S/C26H28N4S/c1-20-5-10-24-25(15-20)27-12-11-26(24)31-18-21-6-8-23(9-7-21)30-17-22(28-19-30)16-29-13-3-2-4-14-29/h5-12,15,17,19H,2-4,13-14,16,18H2,1H3. The maximum atomic E-state index is 4.63. The molecule has 0 unspecified atom stereocenters. The van der Waals surface area contributed by atoms with Gasteiger partial charge in [0.2, 0.25) is 0 Å². The number of likely N-dealkylation sites (tertiary alicyclic amines) is 1. The van der Waals surface area contributed by atoms with Crippen LogP contribution in [0.2, 0.25) is 0 Å². The molecule has 31 heavy (non-hydrogen) atoms. The summed E-state index contributed by atoms with van der Waals surface area (Å²) in [5.41, 5.74) is 5.95. The molecule has 4 aromatic rings. The average Bonchev–Trinajstić information content (AvgIpc) is 3.27. The molecule has 0 bridgehead atoms. The van der Waals surface area contributed by atoms with Gasteiger partial charge in [0, 0.05) is 40.7 Å². The summed E-state index contributed by atoms with van der Waals surface area (Å²) in [6.45, 7) is 5.47. The summed E-state index contributed by atoms with van der Waals surface area (Å²) in [4.78, 5) is 12.9. The Hall–Kier alpha value is -2.63. The molecule has 0 atom stereocenters. The maximum absolute atomic E-state index is 4.63. The van der Waals surface area contributed by atoms with Gasteiger partial charge in [-0.3, -0.25) is 9.88 Å². The van der Waals surface area contributed by atoms with Gasteiger partial charge in [0.15, 0.2) is 0 Å². The Kier molecular flexibility index (Phi) is 6.05. The number of pyridine rings is 1. The summed E-state index contributed by atoms with van der Waals surface area (Å²) >= 11 is 1.87. The Bertz CT molecular complexity index is 1160. The number of benzene rings is 2. The lowest BCUT2D eigenvalue weighted by atomic mass is 10.1. The van der Waals surface area contributed by atoms with Gasteiger partial charge in [-0.2, -0.15) is 0 Å². The van der Waals surface area contributed by atoms with Crippen LogP contribution in [0.15, 0.2) is 72.1 Å². The largest absolute Gasteiger partial charge is 0.306 e. The van der Waals surface area contributed by atoms with Crippen molar-refractivity contribution in [1.29, 1.82) is 0 Å². The number of thioether (sulfide) groups is 1. The first-order chi connectivity index (χ1) is 15.2. The molecule has 5 heteroatoms. The SMILES string of the molecule is Cc1ccc2c(SCc3ccc(-n4cnc(CN5CCCCC5)c4)cc3)ccnc2c1. The van der Waals surface area contributed by atoms with E-state index in [1.54, 1.807) is 0 Å². The maximum Gasteiger partial charge on any atom is 0.0995 e. The van der Waals surface area contributed by atoms with Gasteiger partial charge in [0.25, 0.3) is 0 Å². The molecule has 1 saturated heterocycles. The molecule has 5 rings (SSSR count). The first kappa shape index (κ1) is 20.3. The highest BCUT2D eigenvalue weighted by molar-refractivity contribution is 7.98. The highest BCUT2D eigenvalue weighted by Crippen LogP contribution is 2.30. The molecule has 0 amide bonds. The zero-order chi connectivity index (χ0) is 21.0. The van der Waals surface area contributed by atoms with Crippen LogP contribution in [0.4, 0.5) is 0 Å². The van der Waals surface area contributed by atoms with Crippen molar-refractivity contribution in [3.8, 4) is 5.69 Å². The number of hydrogen-bond acceptors (Lipinski definition) is 4. The Balaban J connectivity index is 1.24. The average molecular weight is 429 g/mol. The Morgan fingerprint density at radius 3 is 2.61 bits per heavy atom. The second kappa shape index (κ2) is 9.25. The van der Waals surface area contributed by atoms with Crippen molar-refractivity contribution in [1.82, 2.24) is 19.4 Å². The van der Waals surface area contributed by atoms with Gasteiger partial charge >= 0.3 is 0 Å². The molecule has 158 valence electrons. The second-order valence-electron chi connectivity index (χ2n) is 8.39. The van der Waals surface area contributed by atoms with E-state index in [0.717, 1.165) is 29.2 Å². The lowest BCUT2D eigenvalue weighted by molar-refractivity contribution is 0.219. The lowest BCUT2D eigenvalue weighted by Crippen LogP contribution is -2.29. The fourth-order valence-electron chi connectivity index (χ4n) is 4.22. The summed E-state index contributed by atoms with van der Waals surface area (Å²) in [5, 5.41) is 1.23. The minimum Gasteiger partial charge on any atom is -0.306 e. The Morgan fingerprint density at radius 2 is 1.77 bits per heavy atom. The molecule has 1 aliphatic rings. The number of aryl methyl sites for hydroxylation is 1. The number of nitrogens with zero attached hydrogens (tertiary/aromatic N) is 4. The van der Waals surface area contributed by atoms with E-state index >= 15 is 0 Å². The summed E-state index contributed by atoms with van der Waals surface area (Å²) < 4.78 is 2.13. The van der Waals surface area contributed by atoms with Gasteiger partial charge in [-0.15, -0.1) is 11.8 Å². The van der Waals surface area contributed by atoms with Crippen LogP contribution in [0.25, 0.3) is 16.6 Å². The van der Waals surface area contributed by atoms with E-state index < -0.39 is 0 Å². The number of rotatable bonds is 6. The van der Waals surface area contributed by atoms with Gasteiger partial charge in [0.1, 0.15) is 0 Å². The van der Waals surface area contributed by atoms with Crippen molar-refractivity contribution in [2.75, 3.05) is 13.1 Å². The number of imidazole rings is 1. The first-order valence-corrected chi connectivity index (χ1v) is 12.1. The summed E-state index contributed by atoms with van der Waals surface area (Å²) in [6, 6.07) is 17.4. The van der Waals surface area contributed by atoms with Crippen molar-refractivity contribution in [2.24, 2.45) is 0 Å². The molecule has 0 saturated carbocycles. The van der Waals surface area contributed by atoms with Crippen molar-refractivity contribution < 1.29 is 0 Å². The predicted octanol–water partition coefficient (Wildman–Crippen LogP) is 6.01. The quantitative estimate of drug-likeness (QED) is 0.352. The van der Waals surface area contributed by atoms with Gasteiger partial charge < -0.3 is 4.57 Å². The van der Waals surface area contributed by atoms with Gasteiger partial charge in [-0.05, 0) is 68.2 Å². The molecule has 0 aliphatic carbocycles. The minimum atomic E-state index is 0.942. The smallest absolute Gasteiger partial charge is 0.0995 e. The topological polar surface area (TPSA) is 34.0 Å². The Morgan fingerprint density at radius 1 is 0.935 bits per heavy atom. The van der Waals surface area contributed by atoms with Crippen LogP contribution < -0.4 is 0 Å². The van der Waals surface area contributed by atoms with Crippen LogP contribution in [0.5, 0.6) is 0 Å². The third-order valence-electron chi connectivity index (χ3n) is 5.96. The summed E-state index contributed by atoms with van der Waals surface area (Å²) in [6.07, 6.45) is 10.0. The number of fused-ring (bicyclic) bond motifs is 1. The molecule has 2 aromatic heterocycles. The molecule has 2 aromatic carbocycles. The van der Waals surface area contributed by atoms with Gasteiger partial charge in [0.05, 0.1) is 17.5 Å². The summed E-state index contributed by atoms with van der Waals surface area (Å²) in [7, 11) is 0. The molecule has 4 nitrogen and oxygen atoms in total. The van der Waals surface area contributed by atoms with Gasteiger partial charge in [-0.25, -0.2) is 4.98 Å². The minimum absolute atomic E-state index is 0.942. The first-order valence-electron chi connectivity index (χ1n) is 11.1. The Labute approximate surface area is 188 Å².